The van der Waals surface area contributed by atoms with Gasteiger partial charge in [-0.2, -0.15) is 13.2 Å². The summed E-state index contributed by atoms with van der Waals surface area (Å²) in [5.74, 6) is 0.883. The molecule has 3 rings (SSSR count). The molecule has 0 spiro atoms. The van der Waals surface area contributed by atoms with Crippen LogP contribution in [-0.2, 0) is 6.18 Å². The second kappa shape index (κ2) is 6.63. The van der Waals surface area contributed by atoms with Gasteiger partial charge in [-0.3, -0.25) is 9.20 Å². The van der Waals surface area contributed by atoms with Crippen LogP contribution in [0.5, 0.6) is 5.75 Å². The van der Waals surface area contributed by atoms with Gasteiger partial charge in [-0.05, 0) is 13.0 Å². The molecule has 0 saturated carbocycles. The minimum atomic E-state index is -4.80. The molecule has 0 aliphatic carbocycles. The molecule has 0 saturated heterocycles. The lowest BCUT2D eigenvalue weighted by Gasteiger charge is -2.16. The number of fused-ring (bicyclic) bond motifs is 1. The molecule has 0 radical (unpaired) electrons. The van der Waals surface area contributed by atoms with Gasteiger partial charge in [0.2, 0.25) is 5.78 Å². The number of hydrogen-bond donors (Lipinski definition) is 0. The van der Waals surface area contributed by atoms with Crippen LogP contribution < -0.4 is 10.3 Å². The molecule has 1 unspecified atom stereocenters. The summed E-state index contributed by atoms with van der Waals surface area (Å²) in [5, 5.41) is -0.113. The monoisotopic (exact) mass is 399 g/mol. The topological polar surface area (TPSA) is 48.5 Å². The van der Waals surface area contributed by atoms with E-state index in [2.05, 4.69) is 10.9 Å². The van der Waals surface area contributed by atoms with Gasteiger partial charge in [-0.1, -0.05) is 17.5 Å². The molecule has 0 aliphatic heterocycles. The molecule has 2 heterocycles. The Morgan fingerprint density at radius 2 is 2.04 bits per heavy atom. The van der Waals surface area contributed by atoms with Gasteiger partial charge in [-0.25, -0.2) is 13.9 Å². The summed E-state index contributed by atoms with van der Waals surface area (Å²) in [7, 11) is 0. The van der Waals surface area contributed by atoms with Crippen molar-refractivity contribution in [2.24, 2.45) is 0 Å². The van der Waals surface area contributed by atoms with Crippen LogP contribution in [0.2, 0.25) is 5.02 Å². The maximum absolute atomic E-state index is 14.5. The second-order valence-corrected chi connectivity index (χ2v) is 5.87. The molecule has 0 amide bonds. The summed E-state index contributed by atoms with van der Waals surface area (Å²) < 4.78 is 60.7. The third-order valence-electron chi connectivity index (χ3n) is 3.63. The van der Waals surface area contributed by atoms with Crippen molar-refractivity contribution in [1.82, 2.24) is 14.0 Å². The Labute approximate surface area is 154 Å². The molecule has 0 bridgehead atoms. The summed E-state index contributed by atoms with van der Waals surface area (Å²) >= 11 is 5.92. The average molecular weight is 400 g/mol. The Kier molecular flexibility index (Phi) is 4.61. The van der Waals surface area contributed by atoms with E-state index in [9.17, 15) is 22.4 Å². The van der Waals surface area contributed by atoms with Crippen LogP contribution in [-0.4, -0.2) is 20.1 Å². The fraction of sp³-hybridized carbons (Fsp3) is 0.176. The molecule has 0 aliphatic rings. The Morgan fingerprint density at radius 3 is 2.67 bits per heavy atom. The first kappa shape index (κ1) is 18.8. The number of rotatable bonds is 3. The Hall–Kier alpha value is -2.99. The SMILES string of the molecule is C#CC(C)Oc1cc(-n2c(=O)cc(C(F)(F)F)n3ccnc23)c(F)cc1Cl. The number of ether oxygens (including phenoxy) is 1. The first-order chi connectivity index (χ1) is 12.6. The van der Waals surface area contributed by atoms with Crippen LogP contribution in [0.3, 0.4) is 0 Å². The summed E-state index contributed by atoms with van der Waals surface area (Å²) in [6.45, 7) is 1.54. The van der Waals surface area contributed by atoms with Crippen molar-refractivity contribution >= 4 is 17.4 Å². The van der Waals surface area contributed by atoms with Gasteiger partial charge in [0.05, 0.1) is 10.7 Å². The molecule has 1 atom stereocenters. The van der Waals surface area contributed by atoms with E-state index in [1.165, 1.54) is 6.92 Å². The quantitative estimate of drug-likeness (QED) is 0.498. The number of alkyl halides is 3. The number of nitrogens with zero attached hydrogens (tertiary/aromatic N) is 3. The first-order valence-electron chi connectivity index (χ1n) is 7.42. The van der Waals surface area contributed by atoms with Gasteiger partial charge in [0, 0.05) is 24.5 Å². The number of terminal acetylenes is 1. The predicted molar refractivity (Wildman–Crippen MR) is 89.7 cm³/mol. The van der Waals surface area contributed by atoms with Crippen molar-refractivity contribution < 1.29 is 22.3 Å². The van der Waals surface area contributed by atoms with Gasteiger partial charge < -0.3 is 4.74 Å². The van der Waals surface area contributed by atoms with E-state index >= 15 is 0 Å². The fourth-order valence-electron chi connectivity index (χ4n) is 2.45. The van der Waals surface area contributed by atoms with E-state index in [0.29, 0.717) is 15.0 Å². The molecule has 1 aromatic carbocycles. The van der Waals surface area contributed by atoms with Crippen molar-refractivity contribution in [2.75, 3.05) is 0 Å². The number of aromatic nitrogens is 3. The van der Waals surface area contributed by atoms with Gasteiger partial charge in [0.15, 0.2) is 6.10 Å². The molecule has 5 nitrogen and oxygen atoms in total. The van der Waals surface area contributed by atoms with E-state index in [1.54, 1.807) is 0 Å². The summed E-state index contributed by atoms with van der Waals surface area (Å²) in [5.41, 5.74) is -2.74. The smallest absolute Gasteiger partial charge is 0.432 e. The Bertz CT molecular complexity index is 1130. The van der Waals surface area contributed by atoms with Crippen molar-refractivity contribution in [3.63, 3.8) is 0 Å². The highest BCUT2D eigenvalue weighted by atomic mass is 35.5. The fourth-order valence-corrected chi connectivity index (χ4v) is 2.64. The predicted octanol–water partition coefficient (Wildman–Crippen LogP) is 3.70. The molecular formula is C17H10ClF4N3O2. The van der Waals surface area contributed by atoms with Crippen molar-refractivity contribution in [3.05, 3.63) is 57.5 Å². The first-order valence-corrected chi connectivity index (χ1v) is 7.79. The number of halogens is 5. The number of benzene rings is 1. The molecule has 27 heavy (non-hydrogen) atoms. The van der Waals surface area contributed by atoms with Crippen molar-refractivity contribution in [3.8, 4) is 23.8 Å². The zero-order valence-electron chi connectivity index (χ0n) is 13.6. The standard InChI is InChI=1S/C17H10ClF4N3O2/c1-3-9(2)27-13-7-12(11(19)6-10(13)18)25-15(26)8-14(17(20,21)22)24-5-4-23-16(24)25/h1,4-9H,2H3. The molecule has 2 aromatic heterocycles. The van der Waals surface area contributed by atoms with Gasteiger partial charge >= 0.3 is 6.18 Å². The molecule has 3 aromatic rings. The van der Waals surface area contributed by atoms with Crippen LogP contribution in [0.25, 0.3) is 11.5 Å². The number of imidazole rings is 1. The second-order valence-electron chi connectivity index (χ2n) is 5.46. The highest BCUT2D eigenvalue weighted by molar-refractivity contribution is 6.32. The summed E-state index contributed by atoms with van der Waals surface area (Å²) in [4.78, 5) is 16.1. The van der Waals surface area contributed by atoms with Gasteiger partial charge in [-0.15, -0.1) is 6.42 Å². The molecule has 0 N–H and O–H groups in total. The maximum atomic E-state index is 14.5. The van der Waals surface area contributed by atoms with E-state index in [-0.39, 0.29) is 16.5 Å². The molecular weight excluding hydrogens is 390 g/mol. The zero-order valence-corrected chi connectivity index (χ0v) is 14.3. The van der Waals surface area contributed by atoms with Gasteiger partial charge in [0.1, 0.15) is 17.3 Å². The van der Waals surface area contributed by atoms with Crippen LogP contribution in [0.4, 0.5) is 17.6 Å². The number of hydrogen-bond acceptors (Lipinski definition) is 3. The third-order valence-corrected chi connectivity index (χ3v) is 3.93. The van der Waals surface area contributed by atoms with E-state index in [4.69, 9.17) is 22.8 Å². The highest BCUT2D eigenvalue weighted by Crippen LogP contribution is 2.32. The van der Waals surface area contributed by atoms with Crippen molar-refractivity contribution in [2.45, 2.75) is 19.2 Å². The molecule has 10 heteroatoms. The summed E-state index contributed by atoms with van der Waals surface area (Å²) in [6.07, 6.45) is 1.79. The van der Waals surface area contributed by atoms with E-state index in [1.807, 2.05) is 0 Å². The van der Waals surface area contributed by atoms with Crippen LogP contribution in [0.15, 0.2) is 35.4 Å². The van der Waals surface area contributed by atoms with Crippen molar-refractivity contribution in [1.29, 1.82) is 0 Å². The van der Waals surface area contributed by atoms with E-state index in [0.717, 1.165) is 24.5 Å². The van der Waals surface area contributed by atoms with Gasteiger partial charge in [0.25, 0.3) is 5.56 Å². The summed E-state index contributed by atoms with van der Waals surface area (Å²) in [6, 6.07) is 2.31. The van der Waals surface area contributed by atoms with E-state index < -0.39 is 35.1 Å². The minimum Gasteiger partial charge on any atom is -0.476 e. The lowest BCUT2D eigenvalue weighted by molar-refractivity contribution is -0.142. The lowest BCUT2D eigenvalue weighted by Crippen LogP contribution is -2.26. The lowest BCUT2D eigenvalue weighted by atomic mass is 10.2. The highest BCUT2D eigenvalue weighted by Gasteiger charge is 2.35. The van der Waals surface area contributed by atoms with Crippen LogP contribution >= 0.6 is 11.6 Å². The zero-order chi connectivity index (χ0) is 19.9. The third kappa shape index (κ3) is 3.36. The Morgan fingerprint density at radius 1 is 1.33 bits per heavy atom. The largest absolute Gasteiger partial charge is 0.476 e. The maximum Gasteiger partial charge on any atom is 0.432 e. The molecule has 140 valence electrons. The Balaban J connectivity index is 2.30. The van der Waals surface area contributed by atoms with Crippen LogP contribution in [0.1, 0.15) is 12.6 Å². The average Bonchev–Trinajstić information content (AvgIpc) is 3.05. The minimum absolute atomic E-state index is 0.0324. The molecule has 0 fully saturated rings. The normalized spacial score (nSPS) is 12.8. The van der Waals surface area contributed by atoms with Crippen LogP contribution in [0, 0.1) is 18.2 Å².